The zero-order valence-corrected chi connectivity index (χ0v) is 13.7. The number of amides is 1. The van der Waals surface area contributed by atoms with Crippen LogP contribution in [0.15, 0.2) is 23.1 Å². The number of carbonyl (C=O) groups excluding carboxylic acids is 1. The van der Waals surface area contributed by atoms with E-state index in [1.807, 2.05) is 0 Å². The third-order valence-electron chi connectivity index (χ3n) is 3.54. The van der Waals surface area contributed by atoms with E-state index >= 15 is 0 Å². The second-order valence-corrected chi connectivity index (χ2v) is 6.70. The Morgan fingerprint density at radius 1 is 1.50 bits per heavy atom. The maximum atomic E-state index is 12.4. The molecular weight excluding hydrogens is 330 g/mol. The summed E-state index contributed by atoms with van der Waals surface area (Å²) in [4.78, 5) is 12.5. The molecule has 1 aromatic carbocycles. The Bertz CT molecular complexity index is 510. The van der Waals surface area contributed by atoms with Crippen molar-refractivity contribution in [2.75, 3.05) is 24.2 Å². The Morgan fingerprint density at radius 3 is 3.00 bits per heavy atom. The topological polar surface area (TPSA) is 41.1 Å². The lowest BCUT2D eigenvalue weighted by Gasteiger charge is -2.13. The predicted octanol–water partition coefficient (Wildman–Crippen LogP) is 4.03. The molecule has 1 aromatic rings. The minimum atomic E-state index is -2.42. The van der Waals surface area contributed by atoms with Crippen molar-refractivity contribution in [2.45, 2.75) is 30.6 Å². The zero-order chi connectivity index (χ0) is 15.9. The van der Waals surface area contributed by atoms with Crippen LogP contribution in [0, 0.1) is 5.92 Å². The second-order valence-electron chi connectivity index (χ2n) is 5.26. The lowest BCUT2D eigenvalue weighted by molar-refractivity contribution is -0.116. The van der Waals surface area contributed by atoms with E-state index in [9.17, 15) is 13.6 Å². The molecule has 122 valence electrons. The number of halogens is 3. The maximum Gasteiger partial charge on any atom is 0.247 e. The van der Waals surface area contributed by atoms with Crippen molar-refractivity contribution in [3.05, 3.63) is 23.2 Å². The molecule has 1 saturated heterocycles. The number of alkyl halides is 2. The molecule has 1 atom stereocenters. The van der Waals surface area contributed by atoms with Crippen LogP contribution >= 0.6 is 23.4 Å². The van der Waals surface area contributed by atoms with Crippen LogP contribution in [0.1, 0.15) is 19.3 Å². The van der Waals surface area contributed by atoms with Crippen LogP contribution in [0.25, 0.3) is 0 Å². The van der Waals surface area contributed by atoms with Crippen LogP contribution in [-0.2, 0) is 4.79 Å². The number of thioether (sulfide) groups is 1. The van der Waals surface area contributed by atoms with E-state index < -0.39 is 6.43 Å². The maximum absolute atomic E-state index is 12.4. The van der Waals surface area contributed by atoms with Crippen molar-refractivity contribution < 1.29 is 13.6 Å². The van der Waals surface area contributed by atoms with Crippen LogP contribution < -0.4 is 10.6 Å². The molecule has 0 aromatic heterocycles. The molecule has 0 aliphatic carbocycles. The smallest absolute Gasteiger partial charge is 0.247 e. The van der Waals surface area contributed by atoms with Gasteiger partial charge in [-0.25, -0.2) is 8.78 Å². The highest BCUT2D eigenvalue weighted by Crippen LogP contribution is 2.35. The molecule has 1 aliphatic rings. The summed E-state index contributed by atoms with van der Waals surface area (Å²) < 4.78 is 24.8. The minimum absolute atomic E-state index is 0.104. The monoisotopic (exact) mass is 348 g/mol. The summed E-state index contributed by atoms with van der Waals surface area (Å²) >= 11 is 7.01. The van der Waals surface area contributed by atoms with Crippen molar-refractivity contribution >= 4 is 35.0 Å². The first-order valence-corrected chi connectivity index (χ1v) is 8.62. The van der Waals surface area contributed by atoms with Crippen molar-refractivity contribution in [1.29, 1.82) is 0 Å². The van der Waals surface area contributed by atoms with Gasteiger partial charge in [-0.3, -0.25) is 4.79 Å². The highest BCUT2D eigenvalue weighted by Gasteiger charge is 2.17. The first kappa shape index (κ1) is 17.5. The molecule has 1 aliphatic heterocycles. The molecule has 1 unspecified atom stereocenters. The first-order chi connectivity index (χ1) is 10.6. The van der Waals surface area contributed by atoms with Gasteiger partial charge < -0.3 is 10.6 Å². The van der Waals surface area contributed by atoms with Gasteiger partial charge in [-0.05, 0) is 44.0 Å². The lowest BCUT2D eigenvalue weighted by atomic mass is 10.0. The van der Waals surface area contributed by atoms with E-state index in [1.54, 1.807) is 18.2 Å². The molecule has 1 amide bonds. The molecule has 2 N–H and O–H groups in total. The summed E-state index contributed by atoms with van der Waals surface area (Å²) in [6.07, 6.45) is -0.0592. The number of anilines is 1. The summed E-state index contributed by atoms with van der Waals surface area (Å²) in [5.41, 5.74) is 0.507. The third kappa shape index (κ3) is 5.41. The molecule has 0 spiro atoms. The van der Waals surface area contributed by atoms with Gasteiger partial charge in [-0.1, -0.05) is 17.7 Å². The third-order valence-corrected chi connectivity index (χ3v) is 5.11. The second kappa shape index (κ2) is 8.70. The summed E-state index contributed by atoms with van der Waals surface area (Å²) in [5.74, 6) is 0.0891. The standard InChI is InChI=1S/C15H19ClF2N2OS/c16-11-2-1-3-12(15(11)22-9-13(17)18)20-14(21)5-4-10-6-7-19-8-10/h1-3,10,13,19H,4-9H2,(H,20,21). The molecule has 0 bridgehead atoms. The molecule has 0 radical (unpaired) electrons. The van der Waals surface area contributed by atoms with E-state index in [0.717, 1.165) is 37.7 Å². The van der Waals surface area contributed by atoms with Crippen molar-refractivity contribution in [3.63, 3.8) is 0 Å². The van der Waals surface area contributed by atoms with E-state index in [1.165, 1.54) is 0 Å². The van der Waals surface area contributed by atoms with Gasteiger partial charge in [-0.2, -0.15) is 0 Å². The van der Waals surface area contributed by atoms with Gasteiger partial charge in [-0.15, -0.1) is 11.8 Å². The largest absolute Gasteiger partial charge is 0.325 e. The number of hydrogen-bond acceptors (Lipinski definition) is 3. The minimum Gasteiger partial charge on any atom is -0.325 e. The van der Waals surface area contributed by atoms with Crippen LogP contribution in [0.5, 0.6) is 0 Å². The Labute approximate surface area is 138 Å². The van der Waals surface area contributed by atoms with Gasteiger partial charge in [0.05, 0.1) is 16.5 Å². The molecular formula is C15H19ClF2N2OS. The van der Waals surface area contributed by atoms with Crippen LogP contribution in [-0.4, -0.2) is 31.2 Å². The predicted molar refractivity (Wildman–Crippen MR) is 87.0 cm³/mol. The fraction of sp³-hybridized carbons (Fsp3) is 0.533. The fourth-order valence-corrected chi connectivity index (χ4v) is 3.52. The highest BCUT2D eigenvalue weighted by molar-refractivity contribution is 7.99. The molecule has 22 heavy (non-hydrogen) atoms. The SMILES string of the molecule is O=C(CCC1CCNC1)Nc1cccc(Cl)c1SCC(F)F. The van der Waals surface area contributed by atoms with E-state index in [-0.39, 0.29) is 11.7 Å². The number of nitrogens with one attached hydrogen (secondary N) is 2. The summed E-state index contributed by atoms with van der Waals surface area (Å²) in [5, 5.41) is 6.43. The Kier molecular flexibility index (Phi) is 6.92. The van der Waals surface area contributed by atoms with Gasteiger partial charge in [0.2, 0.25) is 12.3 Å². The number of rotatable bonds is 7. The van der Waals surface area contributed by atoms with Crippen LogP contribution in [0.2, 0.25) is 5.02 Å². The molecule has 0 saturated carbocycles. The molecule has 2 rings (SSSR count). The summed E-state index contributed by atoms with van der Waals surface area (Å²) in [6, 6.07) is 5.02. The van der Waals surface area contributed by atoms with E-state index in [4.69, 9.17) is 11.6 Å². The zero-order valence-electron chi connectivity index (χ0n) is 12.1. The Balaban J connectivity index is 1.92. The number of hydrogen-bond donors (Lipinski definition) is 2. The molecule has 7 heteroatoms. The Morgan fingerprint density at radius 2 is 2.32 bits per heavy atom. The number of carbonyl (C=O) groups is 1. The average Bonchev–Trinajstić information content (AvgIpc) is 2.97. The van der Waals surface area contributed by atoms with E-state index in [2.05, 4.69) is 10.6 Å². The first-order valence-electron chi connectivity index (χ1n) is 7.26. The molecule has 1 fully saturated rings. The van der Waals surface area contributed by atoms with Crippen LogP contribution in [0.3, 0.4) is 0 Å². The van der Waals surface area contributed by atoms with Crippen LogP contribution in [0.4, 0.5) is 14.5 Å². The van der Waals surface area contributed by atoms with Crippen molar-refractivity contribution in [1.82, 2.24) is 5.32 Å². The molecule has 1 heterocycles. The highest BCUT2D eigenvalue weighted by atomic mass is 35.5. The quantitative estimate of drug-likeness (QED) is 0.731. The fourth-order valence-electron chi connectivity index (χ4n) is 2.41. The van der Waals surface area contributed by atoms with Crippen molar-refractivity contribution in [2.24, 2.45) is 5.92 Å². The van der Waals surface area contributed by atoms with Gasteiger partial charge in [0.25, 0.3) is 0 Å². The van der Waals surface area contributed by atoms with E-state index in [0.29, 0.717) is 27.9 Å². The van der Waals surface area contributed by atoms with Gasteiger partial charge in [0, 0.05) is 11.3 Å². The van der Waals surface area contributed by atoms with Crippen molar-refractivity contribution in [3.8, 4) is 0 Å². The molecule has 3 nitrogen and oxygen atoms in total. The normalized spacial score (nSPS) is 17.9. The lowest BCUT2D eigenvalue weighted by Crippen LogP contribution is -2.15. The van der Waals surface area contributed by atoms with Gasteiger partial charge in [0.15, 0.2) is 0 Å². The summed E-state index contributed by atoms with van der Waals surface area (Å²) in [6.45, 7) is 1.97. The number of benzene rings is 1. The summed E-state index contributed by atoms with van der Waals surface area (Å²) in [7, 11) is 0. The van der Waals surface area contributed by atoms with Gasteiger partial charge >= 0.3 is 0 Å². The Hall–Kier alpha value is -0.850. The van der Waals surface area contributed by atoms with Gasteiger partial charge in [0.1, 0.15) is 0 Å². The average molecular weight is 349 g/mol.